The molecule has 6 heteroatoms. The van der Waals surface area contributed by atoms with E-state index in [1.54, 1.807) is 0 Å². The Balaban J connectivity index is 1.52. The second-order valence-electron chi connectivity index (χ2n) is 8.41. The van der Waals surface area contributed by atoms with Crippen LogP contribution in [-0.4, -0.2) is 31.9 Å². The zero-order chi connectivity index (χ0) is 20.1. The number of amides is 1. The number of halogens is 1. The largest absolute Gasteiger partial charge is 0.330 e. The van der Waals surface area contributed by atoms with Crippen molar-refractivity contribution < 1.29 is 4.79 Å². The summed E-state index contributed by atoms with van der Waals surface area (Å²) in [6.07, 6.45) is 5.56. The van der Waals surface area contributed by atoms with Crippen LogP contribution in [0.5, 0.6) is 0 Å². The molecule has 1 saturated carbocycles. The molecular weight excluding hydrogens is 428 g/mol. The van der Waals surface area contributed by atoms with E-state index in [4.69, 9.17) is 10.1 Å². The first-order valence-electron chi connectivity index (χ1n) is 10.5. The molecule has 2 fully saturated rings. The van der Waals surface area contributed by atoms with Gasteiger partial charge in [0.2, 0.25) is 0 Å². The van der Waals surface area contributed by atoms with Gasteiger partial charge in [0.05, 0.1) is 11.7 Å². The molecule has 1 atom stereocenters. The van der Waals surface area contributed by atoms with Gasteiger partial charge in [-0.15, -0.1) is 0 Å². The molecule has 0 spiro atoms. The minimum absolute atomic E-state index is 0.0000987. The highest BCUT2D eigenvalue weighted by Gasteiger charge is 2.32. The Morgan fingerprint density at radius 2 is 1.90 bits per heavy atom. The maximum absolute atomic E-state index is 13.4. The van der Waals surface area contributed by atoms with Crippen LogP contribution in [0.2, 0.25) is 0 Å². The Hall–Kier alpha value is -2.21. The number of likely N-dealkylation sites (tertiary alicyclic amines) is 1. The predicted octanol–water partition coefficient (Wildman–Crippen LogP) is 5.35. The number of nitrogens with zero attached hydrogens (tertiary/aromatic N) is 4. The van der Waals surface area contributed by atoms with Gasteiger partial charge in [-0.1, -0.05) is 22.0 Å². The zero-order valence-electron chi connectivity index (χ0n) is 16.9. The lowest BCUT2D eigenvalue weighted by Crippen LogP contribution is -2.39. The average Bonchev–Trinajstić information content (AvgIpc) is 3.48. The minimum Gasteiger partial charge on any atom is -0.330 e. The minimum atomic E-state index is 0.0000987. The summed E-state index contributed by atoms with van der Waals surface area (Å²) in [5.74, 6) is 0.707. The molecule has 1 aliphatic heterocycles. The van der Waals surface area contributed by atoms with E-state index in [2.05, 4.69) is 35.0 Å². The molecule has 0 radical (unpaired) electrons. The number of fused-ring (bicyclic) bond motifs is 1. The number of rotatable bonds is 3. The van der Waals surface area contributed by atoms with E-state index < -0.39 is 0 Å². The van der Waals surface area contributed by atoms with Crippen molar-refractivity contribution in [3.05, 3.63) is 63.0 Å². The highest BCUT2D eigenvalue weighted by molar-refractivity contribution is 9.10. The van der Waals surface area contributed by atoms with Crippen LogP contribution >= 0.6 is 15.9 Å². The van der Waals surface area contributed by atoms with E-state index in [1.807, 2.05) is 34.5 Å². The molecule has 3 heterocycles. The lowest BCUT2D eigenvalue weighted by atomic mass is 9.97. The summed E-state index contributed by atoms with van der Waals surface area (Å²) in [6, 6.07) is 10.2. The molecule has 2 aliphatic rings. The van der Waals surface area contributed by atoms with Crippen molar-refractivity contribution in [3.63, 3.8) is 0 Å². The van der Waals surface area contributed by atoms with Crippen molar-refractivity contribution in [1.29, 1.82) is 0 Å². The van der Waals surface area contributed by atoms with Gasteiger partial charge in [0.25, 0.3) is 5.91 Å². The first-order valence-corrected chi connectivity index (χ1v) is 11.2. The third kappa shape index (κ3) is 3.48. The molecule has 150 valence electrons. The van der Waals surface area contributed by atoms with Gasteiger partial charge in [0, 0.05) is 40.0 Å². The van der Waals surface area contributed by atoms with Gasteiger partial charge in [0.1, 0.15) is 0 Å². The van der Waals surface area contributed by atoms with Crippen LogP contribution in [0.25, 0.3) is 5.65 Å². The maximum atomic E-state index is 13.4. The van der Waals surface area contributed by atoms with Crippen molar-refractivity contribution >= 4 is 27.5 Å². The number of benzene rings is 1. The first kappa shape index (κ1) is 18.8. The van der Waals surface area contributed by atoms with E-state index >= 15 is 0 Å². The zero-order valence-corrected chi connectivity index (χ0v) is 18.4. The maximum Gasteiger partial charge on any atom is 0.254 e. The third-order valence-electron chi connectivity index (χ3n) is 6.17. The summed E-state index contributed by atoms with van der Waals surface area (Å²) in [5.41, 5.74) is 5.92. The Kier molecular flexibility index (Phi) is 4.69. The van der Waals surface area contributed by atoms with Gasteiger partial charge < -0.3 is 4.90 Å². The summed E-state index contributed by atoms with van der Waals surface area (Å²) >= 11 is 3.51. The summed E-state index contributed by atoms with van der Waals surface area (Å²) in [4.78, 5) is 20.3. The molecular formula is C23H25BrN4O. The van der Waals surface area contributed by atoms with Crippen molar-refractivity contribution in [2.75, 3.05) is 6.54 Å². The Morgan fingerprint density at radius 1 is 1.07 bits per heavy atom. The highest BCUT2D eigenvalue weighted by atomic mass is 79.9. The van der Waals surface area contributed by atoms with Crippen molar-refractivity contribution in [2.24, 2.45) is 0 Å². The second-order valence-corrected chi connectivity index (χ2v) is 9.32. The molecule has 2 aromatic heterocycles. The number of aryl methyl sites for hydroxylation is 2. The van der Waals surface area contributed by atoms with Crippen LogP contribution in [0.1, 0.15) is 77.1 Å². The van der Waals surface area contributed by atoms with Gasteiger partial charge in [-0.2, -0.15) is 5.10 Å². The number of aromatic nitrogens is 3. The number of hydrogen-bond acceptors (Lipinski definition) is 3. The number of piperidine rings is 1. The number of carbonyl (C=O) groups is 1. The lowest BCUT2D eigenvalue weighted by Gasteiger charge is -2.35. The predicted molar refractivity (Wildman–Crippen MR) is 116 cm³/mol. The van der Waals surface area contributed by atoms with Crippen LogP contribution in [0.15, 0.2) is 34.8 Å². The molecule has 0 unspecified atom stereocenters. The van der Waals surface area contributed by atoms with Gasteiger partial charge in [-0.25, -0.2) is 9.50 Å². The first-order chi connectivity index (χ1) is 14.0. The quantitative estimate of drug-likeness (QED) is 0.537. The molecule has 1 aromatic carbocycles. The standard InChI is InChI=1S/C23H25BrN4O/c1-14-6-9-17(24)12-18(14)23(29)27-10-4-3-5-21(27)20-13-22-25-19(16-7-8-16)11-15(2)28(22)26-20/h6,9,11-13,16,21H,3-5,7-8,10H2,1-2H3/t21-/m0/s1. The Bertz CT molecular complexity index is 1100. The molecule has 3 aromatic rings. The van der Waals surface area contributed by atoms with E-state index in [9.17, 15) is 4.79 Å². The number of carbonyl (C=O) groups excluding carboxylic acids is 1. The van der Waals surface area contributed by atoms with Gasteiger partial charge >= 0.3 is 0 Å². The van der Waals surface area contributed by atoms with Crippen LogP contribution in [-0.2, 0) is 0 Å². The van der Waals surface area contributed by atoms with Crippen LogP contribution in [0.4, 0.5) is 0 Å². The topological polar surface area (TPSA) is 50.5 Å². The Morgan fingerprint density at radius 3 is 2.69 bits per heavy atom. The fraction of sp³-hybridized carbons (Fsp3) is 0.435. The summed E-state index contributed by atoms with van der Waals surface area (Å²) in [7, 11) is 0. The summed E-state index contributed by atoms with van der Waals surface area (Å²) in [6.45, 7) is 4.85. The monoisotopic (exact) mass is 452 g/mol. The van der Waals surface area contributed by atoms with Crippen molar-refractivity contribution in [3.8, 4) is 0 Å². The summed E-state index contributed by atoms with van der Waals surface area (Å²) < 4.78 is 2.86. The van der Waals surface area contributed by atoms with Gasteiger partial charge in [0.15, 0.2) is 5.65 Å². The molecule has 0 N–H and O–H groups in total. The third-order valence-corrected chi connectivity index (χ3v) is 6.67. The molecule has 1 amide bonds. The van der Waals surface area contributed by atoms with E-state index in [0.717, 1.165) is 58.4 Å². The molecule has 1 aliphatic carbocycles. The second kappa shape index (κ2) is 7.24. The van der Waals surface area contributed by atoms with Crippen molar-refractivity contribution in [1.82, 2.24) is 19.5 Å². The lowest BCUT2D eigenvalue weighted by molar-refractivity contribution is 0.0605. The summed E-state index contributed by atoms with van der Waals surface area (Å²) in [5, 5.41) is 4.87. The van der Waals surface area contributed by atoms with Gasteiger partial charge in [-0.05, 0) is 69.7 Å². The highest BCUT2D eigenvalue weighted by Crippen LogP contribution is 2.40. The average molecular weight is 453 g/mol. The van der Waals surface area contributed by atoms with Crippen molar-refractivity contribution in [2.45, 2.75) is 57.9 Å². The molecule has 5 nitrogen and oxygen atoms in total. The van der Waals surface area contributed by atoms with Crippen LogP contribution in [0, 0.1) is 13.8 Å². The fourth-order valence-corrected chi connectivity index (χ4v) is 4.74. The molecule has 5 rings (SSSR count). The SMILES string of the molecule is Cc1ccc(Br)cc1C(=O)N1CCCC[C@H]1c1cc2nc(C3CC3)cc(C)n2n1. The van der Waals surface area contributed by atoms with E-state index in [1.165, 1.54) is 18.5 Å². The Labute approximate surface area is 179 Å². The fourth-order valence-electron chi connectivity index (χ4n) is 4.38. The van der Waals surface area contributed by atoms with Crippen LogP contribution in [0.3, 0.4) is 0 Å². The van der Waals surface area contributed by atoms with E-state index in [0.29, 0.717) is 5.92 Å². The number of hydrogen-bond donors (Lipinski definition) is 0. The molecule has 29 heavy (non-hydrogen) atoms. The van der Waals surface area contributed by atoms with E-state index in [-0.39, 0.29) is 11.9 Å². The smallest absolute Gasteiger partial charge is 0.254 e. The molecule has 0 bridgehead atoms. The normalized spacial score (nSPS) is 19.7. The van der Waals surface area contributed by atoms with Gasteiger partial charge in [-0.3, -0.25) is 4.79 Å². The van der Waals surface area contributed by atoms with Crippen LogP contribution < -0.4 is 0 Å². The molecule has 1 saturated heterocycles.